The number of amides is 2. The van der Waals surface area contributed by atoms with Gasteiger partial charge in [-0.15, -0.1) is 0 Å². The van der Waals surface area contributed by atoms with E-state index in [0.29, 0.717) is 0 Å². The third-order valence-electron chi connectivity index (χ3n) is 3.16. The first-order valence-electron chi connectivity index (χ1n) is 6.08. The lowest BCUT2D eigenvalue weighted by atomic mass is 9.92. The van der Waals surface area contributed by atoms with E-state index in [-0.39, 0.29) is 18.1 Å². The molecule has 1 heterocycles. The highest BCUT2D eigenvalue weighted by Gasteiger charge is 2.26. The van der Waals surface area contributed by atoms with E-state index in [1.54, 1.807) is 7.05 Å². The van der Waals surface area contributed by atoms with Crippen LogP contribution in [0.4, 0.5) is 4.79 Å². The van der Waals surface area contributed by atoms with Crippen molar-refractivity contribution >= 4 is 6.03 Å². The van der Waals surface area contributed by atoms with Gasteiger partial charge in [0.25, 0.3) is 0 Å². The first-order chi connectivity index (χ1) is 8.31. The number of rotatable bonds is 2. The summed E-state index contributed by atoms with van der Waals surface area (Å²) >= 11 is 0. The van der Waals surface area contributed by atoms with Gasteiger partial charge >= 0.3 is 6.03 Å². The first-order valence-corrected chi connectivity index (χ1v) is 6.08. The summed E-state index contributed by atoms with van der Waals surface area (Å²) in [5, 5.41) is 9.08. The maximum absolute atomic E-state index is 11.4. The van der Waals surface area contributed by atoms with Crippen molar-refractivity contribution in [2.24, 2.45) is 0 Å². The second-order valence-electron chi connectivity index (χ2n) is 4.31. The molecule has 0 aromatic heterocycles. The molecule has 3 N–H and O–H groups in total. The summed E-state index contributed by atoms with van der Waals surface area (Å²) in [5.41, 5.74) is 1.23. The minimum Gasteiger partial charge on any atom is -0.341 e. The Kier molecular flexibility index (Phi) is 3.98. The van der Waals surface area contributed by atoms with Crippen LogP contribution >= 0.6 is 0 Å². The third kappa shape index (κ3) is 2.97. The second-order valence-corrected chi connectivity index (χ2v) is 4.31. The van der Waals surface area contributed by atoms with Crippen LogP contribution in [0.5, 0.6) is 0 Å². The first kappa shape index (κ1) is 11.9. The third-order valence-corrected chi connectivity index (χ3v) is 3.16. The van der Waals surface area contributed by atoms with Crippen LogP contribution in [0, 0.1) is 0 Å². The van der Waals surface area contributed by atoms with Crippen LogP contribution in [0.25, 0.3) is 0 Å². The van der Waals surface area contributed by atoms with E-state index in [1.807, 2.05) is 18.2 Å². The molecule has 0 spiro atoms. The molecule has 1 aromatic carbocycles. The van der Waals surface area contributed by atoms with Crippen LogP contribution in [0.15, 0.2) is 30.3 Å². The summed E-state index contributed by atoms with van der Waals surface area (Å²) in [6.45, 7) is 1.01. The summed E-state index contributed by atoms with van der Waals surface area (Å²) < 4.78 is 0. The predicted octanol–water partition coefficient (Wildman–Crippen LogP) is 1.41. The van der Waals surface area contributed by atoms with Crippen LogP contribution in [0.3, 0.4) is 0 Å². The number of hydrogen-bond donors (Lipinski definition) is 3. The lowest BCUT2D eigenvalue weighted by Crippen LogP contribution is -2.50. The van der Waals surface area contributed by atoms with Crippen molar-refractivity contribution < 1.29 is 4.79 Å². The van der Waals surface area contributed by atoms with E-state index in [0.717, 1.165) is 19.4 Å². The van der Waals surface area contributed by atoms with E-state index in [9.17, 15) is 4.79 Å². The van der Waals surface area contributed by atoms with Gasteiger partial charge in [-0.05, 0) is 24.9 Å². The maximum atomic E-state index is 11.4. The molecule has 4 nitrogen and oxygen atoms in total. The smallest absolute Gasteiger partial charge is 0.314 e. The summed E-state index contributed by atoms with van der Waals surface area (Å²) in [4.78, 5) is 11.4. The lowest BCUT2D eigenvalue weighted by Gasteiger charge is -2.33. The molecule has 1 aliphatic rings. The van der Waals surface area contributed by atoms with E-state index in [1.165, 1.54) is 5.56 Å². The van der Waals surface area contributed by atoms with E-state index in [4.69, 9.17) is 0 Å². The van der Waals surface area contributed by atoms with Gasteiger partial charge in [-0.25, -0.2) is 4.79 Å². The van der Waals surface area contributed by atoms with Crippen LogP contribution in [0.2, 0.25) is 0 Å². The van der Waals surface area contributed by atoms with Gasteiger partial charge in [-0.3, -0.25) is 0 Å². The van der Waals surface area contributed by atoms with Crippen molar-refractivity contribution in [2.45, 2.75) is 24.9 Å². The Morgan fingerprint density at radius 1 is 1.35 bits per heavy atom. The Hall–Kier alpha value is -1.55. The summed E-state index contributed by atoms with van der Waals surface area (Å²) in [6.07, 6.45) is 2.11. The highest BCUT2D eigenvalue weighted by atomic mass is 16.2. The van der Waals surface area contributed by atoms with Crippen molar-refractivity contribution in [3.05, 3.63) is 35.9 Å². The number of carbonyl (C=O) groups excluding carboxylic acids is 1. The largest absolute Gasteiger partial charge is 0.341 e. The molecule has 4 heteroatoms. The van der Waals surface area contributed by atoms with Crippen LogP contribution < -0.4 is 16.0 Å². The standard InChI is InChI=1S/C13H19N3O/c1-14-13(17)16-11-8-5-9-15-12(11)10-6-3-2-4-7-10/h2-4,6-7,11-12,15H,5,8-9H2,1H3,(H2,14,16,17). The van der Waals surface area contributed by atoms with Gasteiger partial charge in [0.05, 0.1) is 12.1 Å². The zero-order valence-corrected chi connectivity index (χ0v) is 10.1. The minimum absolute atomic E-state index is 0.111. The zero-order valence-electron chi connectivity index (χ0n) is 10.1. The molecule has 2 atom stereocenters. The number of urea groups is 1. The van der Waals surface area contributed by atoms with Crippen LogP contribution in [-0.4, -0.2) is 25.7 Å². The van der Waals surface area contributed by atoms with Crippen LogP contribution in [0.1, 0.15) is 24.4 Å². The van der Waals surface area contributed by atoms with Gasteiger partial charge in [0.1, 0.15) is 0 Å². The molecule has 0 bridgehead atoms. The minimum atomic E-state index is -0.111. The number of hydrogen-bond acceptors (Lipinski definition) is 2. The molecule has 17 heavy (non-hydrogen) atoms. The number of carbonyl (C=O) groups is 1. The SMILES string of the molecule is CNC(=O)NC1CCCNC1c1ccccc1. The van der Waals surface area contributed by atoms with Gasteiger partial charge in [0.2, 0.25) is 0 Å². The Bertz CT molecular complexity index is 366. The molecule has 0 aliphatic carbocycles. The molecule has 2 amide bonds. The molecular formula is C13H19N3O. The fraction of sp³-hybridized carbons (Fsp3) is 0.462. The van der Waals surface area contributed by atoms with Gasteiger partial charge < -0.3 is 16.0 Å². The highest BCUT2D eigenvalue weighted by Crippen LogP contribution is 2.23. The fourth-order valence-electron chi connectivity index (χ4n) is 2.30. The van der Waals surface area contributed by atoms with Gasteiger partial charge in [-0.2, -0.15) is 0 Å². The van der Waals surface area contributed by atoms with Crippen molar-refractivity contribution in [3.63, 3.8) is 0 Å². The Morgan fingerprint density at radius 3 is 2.82 bits per heavy atom. The van der Waals surface area contributed by atoms with E-state index < -0.39 is 0 Å². The van der Waals surface area contributed by atoms with Crippen molar-refractivity contribution in [1.29, 1.82) is 0 Å². The number of nitrogens with one attached hydrogen (secondary N) is 3. The monoisotopic (exact) mass is 233 g/mol. The Labute approximate surface area is 102 Å². The Balaban J connectivity index is 2.09. The van der Waals surface area contributed by atoms with Gasteiger partial charge in [0, 0.05) is 7.05 Å². The zero-order chi connectivity index (χ0) is 12.1. The van der Waals surface area contributed by atoms with Gasteiger partial charge in [-0.1, -0.05) is 30.3 Å². The average molecular weight is 233 g/mol. The summed E-state index contributed by atoms with van der Waals surface area (Å²) in [7, 11) is 1.64. The fourth-order valence-corrected chi connectivity index (χ4v) is 2.30. The summed E-state index contributed by atoms with van der Waals surface area (Å²) in [5.74, 6) is 0. The van der Waals surface area contributed by atoms with Crippen molar-refractivity contribution in [1.82, 2.24) is 16.0 Å². The molecule has 2 unspecified atom stereocenters. The molecule has 0 radical (unpaired) electrons. The molecule has 0 saturated carbocycles. The van der Waals surface area contributed by atoms with E-state index >= 15 is 0 Å². The summed E-state index contributed by atoms with van der Waals surface area (Å²) in [6, 6.07) is 10.5. The predicted molar refractivity (Wildman–Crippen MR) is 67.8 cm³/mol. The van der Waals surface area contributed by atoms with Crippen LogP contribution in [-0.2, 0) is 0 Å². The molecular weight excluding hydrogens is 214 g/mol. The molecule has 1 fully saturated rings. The van der Waals surface area contributed by atoms with Gasteiger partial charge in [0.15, 0.2) is 0 Å². The second kappa shape index (κ2) is 5.68. The highest BCUT2D eigenvalue weighted by molar-refractivity contribution is 5.73. The molecule has 2 rings (SSSR count). The topological polar surface area (TPSA) is 53.2 Å². The average Bonchev–Trinajstić information content (AvgIpc) is 2.40. The quantitative estimate of drug-likeness (QED) is 0.723. The molecule has 1 aromatic rings. The Morgan fingerprint density at radius 2 is 2.12 bits per heavy atom. The molecule has 1 aliphatic heterocycles. The molecule has 92 valence electrons. The van der Waals surface area contributed by atoms with Crippen molar-refractivity contribution in [3.8, 4) is 0 Å². The lowest BCUT2D eigenvalue weighted by molar-refractivity contribution is 0.228. The maximum Gasteiger partial charge on any atom is 0.314 e. The number of benzene rings is 1. The van der Waals surface area contributed by atoms with E-state index in [2.05, 4.69) is 28.1 Å². The normalized spacial score (nSPS) is 24.1. The number of piperidine rings is 1. The van der Waals surface area contributed by atoms with Crippen molar-refractivity contribution in [2.75, 3.05) is 13.6 Å². The molecule has 1 saturated heterocycles.